The molecule has 4 nitrogen and oxygen atoms in total. The van der Waals surface area contributed by atoms with Crippen molar-refractivity contribution in [3.8, 4) is 0 Å². The predicted molar refractivity (Wildman–Crippen MR) is 76.3 cm³/mol. The Morgan fingerprint density at radius 2 is 2.06 bits per heavy atom. The molecule has 1 aromatic heterocycles. The molecule has 0 spiro atoms. The maximum absolute atomic E-state index is 12.5. The highest BCUT2D eigenvalue weighted by atomic mass is 79.9. The van der Waals surface area contributed by atoms with Crippen molar-refractivity contribution >= 4 is 55.2 Å². The van der Waals surface area contributed by atoms with E-state index in [-0.39, 0.29) is 17.2 Å². The molecule has 1 fully saturated rings. The number of anilines is 1. The van der Waals surface area contributed by atoms with Gasteiger partial charge in [0.1, 0.15) is 5.82 Å². The lowest BCUT2D eigenvalue weighted by Gasteiger charge is -2.24. The third-order valence-electron chi connectivity index (χ3n) is 3.48. The van der Waals surface area contributed by atoms with Gasteiger partial charge in [0.2, 0.25) is 5.28 Å². The summed E-state index contributed by atoms with van der Waals surface area (Å²) in [4.78, 5) is 22.4. The molecular formula is C11H10Br2ClN3O. The van der Waals surface area contributed by atoms with Crippen molar-refractivity contribution in [2.24, 2.45) is 0 Å². The van der Waals surface area contributed by atoms with E-state index in [0.29, 0.717) is 5.82 Å². The minimum Gasteiger partial charge on any atom is -0.291 e. The summed E-state index contributed by atoms with van der Waals surface area (Å²) in [6.45, 7) is 0. The van der Waals surface area contributed by atoms with Crippen LogP contribution in [0, 0.1) is 0 Å². The SMILES string of the molecule is O=C1N(C2CCCC2)c2nc(Cl)ncc2C1(Br)Br. The third kappa shape index (κ3) is 1.80. The summed E-state index contributed by atoms with van der Waals surface area (Å²) < 4.78 is -0.914. The molecule has 2 aliphatic rings. The van der Waals surface area contributed by atoms with E-state index in [4.69, 9.17) is 11.6 Å². The quantitative estimate of drug-likeness (QED) is 0.541. The van der Waals surface area contributed by atoms with Crippen LogP contribution in [0.25, 0.3) is 0 Å². The summed E-state index contributed by atoms with van der Waals surface area (Å²) in [6.07, 6.45) is 5.94. The lowest BCUT2D eigenvalue weighted by atomic mass is 10.2. The van der Waals surface area contributed by atoms with E-state index in [9.17, 15) is 4.79 Å². The average Bonchev–Trinajstić information content (AvgIpc) is 2.87. The first-order valence-corrected chi connectivity index (χ1v) is 7.72. The summed E-state index contributed by atoms with van der Waals surface area (Å²) in [5, 5.41) is 0.169. The molecular weight excluding hydrogens is 385 g/mol. The fourth-order valence-electron chi connectivity index (χ4n) is 2.62. The number of alkyl halides is 2. The normalized spacial score (nSPS) is 22.6. The summed E-state index contributed by atoms with van der Waals surface area (Å²) in [7, 11) is 0. The molecule has 7 heteroatoms. The Kier molecular flexibility index (Phi) is 3.15. The Hall–Kier alpha value is -0.200. The molecule has 0 N–H and O–H groups in total. The van der Waals surface area contributed by atoms with Gasteiger partial charge in [-0.2, -0.15) is 4.98 Å². The molecule has 3 rings (SSSR count). The van der Waals surface area contributed by atoms with E-state index in [1.807, 2.05) is 0 Å². The largest absolute Gasteiger partial charge is 0.291 e. The van der Waals surface area contributed by atoms with Crippen molar-refractivity contribution < 1.29 is 4.79 Å². The Bertz CT molecular complexity index is 517. The van der Waals surface area contributed by atoms with Gasteiger partial charge in [-0.1, -0.05) is 44.7 Å². The van der Waals surface area contributed by atoms with Gasteiger partial charge in [-0.05, 0) is 24.4 Å². The van der Waals surface area contributed by atoms with Crippen molar-refractivity contribution in [2.75, 3.05) is 4.90 Å². The highest BCUT2D eigenvalue weighted by Crippen LogP contribution is 2.51. The van der Waals surface area contributed by atoms with Crippen LogP contribution in [-0.2, 0) is 8.03 Å². The molecule has 0 bridgehead atoms. The average molecular weight is 395 g/mol. The number of halogens is 3. The lowest BCUT2D eigenvalue weighted by Crippen LogP contribution is -2.40. The molecule has 1 saturated carbocycles. The molecule has 1 aliphatic carbocycles. The Morgan fingerprint density at radius 3 is 2.72 bits per heavy atom. The number of carbonyl (C=O) groups excluding carboxylic acids is 1. The zero-order valence-corrected chi connectivity index (χ0v) is 13.3. The van der Waals surface area contributed by atoms with E-state index in [1.165, 1.54) is 0 Å². The lowest BCUT2D eigenvalue weighted by molar-refractivity contribution is -0.118. The molecule has 0 atom stereocenters. The molecule has 1 aliphatic heterocycles. The number of nitrogens with zero attached hydrogens (tertiary/aromatic N) is 3. The van der Waals surface area contributed by atoms with Gasteiger partial charge in [-0.3, -0.25) is 9.69 Å². The highest BCUT2D eigenvalue weighted by Gasteiger charge is 2.51. The van der Waals surface area contributed by atoms with Crippen LogP contribution in [0.15, 0.2) is 6.20 Å². The van der Waals surface area contributed by atoms with Crippen LogP contribution in [0.3, 0.4) is 0 Å². The number of fused-ring (bicyclic) bond motifs is 1. The monoisotopic (exact) mass is 393 g/mol. The van der Waals surface area contributed by atoms with Crippen LogP contribution in [0.2, 0.25) is 5.28 Å². The summed E-state index contributed by atoms with van der Waals surface area (Å²) >= 11 is 12.7. The van der Waals surface area contributed by atoms with Gasteiger partial charge in [0.25, 0.3) is 5.91 Å². The molecule has 2 heterocycles. The van der Waals surface area contributed by atoms with Gasteiger partial charge >= 0.3 is 0 Å². The standard InChI is InChI=1S/C11H10Br2ClN3O/c12-11(13)7-5-15-10(14)16-8(7)17(9(11)18)6-3-1-2-4-6/h5-6H,1-4H2. The first-order chi connectivity index (χ1) is 8.51. The van der Waals surface area contributed by atoms with E-state index in [1.54, 1.807) is 11.1 Å². The van der Waals surface area contributed by atoms with Crippen molar-refractivity contribution in [1.29, 1.82) is 0 Å². The second kappa shape index (κ2) is 4.42. The van der Waals surface area contributed by atoms with Crippen molar-refractivity contribution in [2.45, 2.75) is 35.0 Å². The van der Waals surface area contributed by atoms with E-state index >= 15 is 0 Å². The summed E-state index contributed by atoms with van der Waals surface area (Å²) in [5.74, 6) is 0.585. The van der Waals surface area contributed by atoms with Crippen LogP contribution in [-0.4, -0.2) is 21.9 Å². The molecule has 18 heavy (non-hydrogen) atoms. The number of hydrogen-bond donors (Lipinski definition) is 0. The second-order valence-electron chi connectivity index (χ2n) is 4.56. The van der Waals surface area contributed by atoms with Crippen molar-refractivity contribution in [3.05, 3.63) is 17.0 Å². The molecule has 0 radical (unpaired) electrons. The van der Waals surface area contributed by atoms with Crippen LogP contribution < -0.4 is 4.90 Å². The van der Waals surface area contributed by atoms with Crippen LogP contribution in [0.5, 0.6) is 0 Å². The number of hydrogen-bond acceptors (Lipinski definition) is 3. The fourth-order valence-corrected chi connectivity index (χ4v) is 3.69. The van der Waals surface area contributed by atoms with Gasteiger partial charge in [-0.15, -0.1) is 0 Å². The smallest absolute Gasteiger partial charge is 0.260 e. The van der Waals surface area contributed by atoms with Gasteiger partial charge in [0.15, 0.2) is 3.23 Å². The van der Waals surface area contributed by atoms with Crippen molar-refractivity contribution in [3.63, 3.8) is 0 Å². The van der Waals surface area contributed by atoms with E-state index < -0.39 is 3.23 Å². The van der Waals surface area contributed by atoms with Crippen LogP contribution >= 0.6 is 43.5 Å². The Balaban J connectivity index is 2.11. The maximum Gasteiger partial charge on any atom is 0.260 e. The predicted octanol–water partition coefficient (Wildman–Crippen LogP) is 3.36. The van der Waals surface area contributed by atoms with Gasteiger partial charge in [0.05, 0.1) is 5.56 Å². The molecule has 0 saturated heterocycles. The highest BCUT2D eigenvalue weighted by molar-refractivity contribution is 9.25. The third-order valence-corrected chi connectivity index (χ3v) is 5.20. The van der Waals surface area contributed by atoms with E-state index in [2.05, 4.69) is 41.8 Å². The summed E-state index contributed by atoms with van der Waals surface area (Å²) in [6, 6.07) is 0.221. The molecule has 1 aromatic rings. The fraction of sp³-hybridized carbons (Fsp3) is 0.545. The van der Waals surface area contributed by atoms with Gasteiger partial charge < -0.3 is 0 Å². The molecule has 96 valence electrons. The van der Waals surface area contributed by atoms with E-state index in [0.717, 1.165) is 31.2 Å². The second-order valence-corrected chi connectivity index (χ2v) is 8.35. The zero-order valence-electron chi connectivity index (χ0n) is 9.37. The van der Waals surface area contributed by atoms with Crippen LogP contribution in [0.4, 0.5) is 5.82 Å². The zero-order chi connectivity index (χ0) is 12.9. The molecule has 0 aromatic carbocycles. The number of carbonyl (C=O) groups is 1. The minimum absolute atomic E-state index is 0.0408. The number of amides is 1. The number of rotatable bonds is 1. The Labute approximate surface area is 126 Å². The minimum atomic E-state index is -0.914. The first-order valence-electron chi connectivity index (χ1n) is 5.76. The van der Waals surface area contributed by atoms with Crippen LogP contribution in [0.1, 0.15) is 31.2 Å². The van der Waals surface area contributed by atoms with Gasteiger partial charge in [0, 0.05) is 12.2 Å². The van der Waals surface area contributed by atoms with Gasteiger partial charge in [-0.25, -0.2) is 4.98 Å². The summed E-state index contributed by atoms with van der Waals surface area (Å²) in [5.41, 5.74) is 0.726. The van der Waals surface area contributed by atoms with Crippen molar-refractivity contribution in [1.82, 2.24) is 9.97 Å². The maximum atomic E-state index is 12.5. The first kappa shape index (κ1) is 12.8. The number of aromatic nitrogens is 2. The molecule has 1 amide bonds. The topological polar surface area (TPSA) is 46.1 Å². The Morgan fingerprint density at radius 1 is 1.39 bits per heavy atom. The molecule has 0 unspecified atom stereocenters.